The van der Waals surface area contributed by atoms with Gasteiger partial charge in [0.15, 0.2) is 6.10 Å². The molecule has 2 aliphatic heterocycles. The number of carbonyl (C=O) groups is 4. The Balaban J connectivity index is 1.66. The van der Waals surface area contributed by atoms with Gasteiger partial charge in [0.1, 0.15) is 5.75 Å². The van der Waals surface area contributed by atoms with Crippen molar-refractivity contribution in [1.29, 1.82) is 0 Å². The Morgan fingerprint density at radius 2 is 2.07 bits per heavy atom. The number of hydrogen-bond donors (Lipinski definition) is 1. The molecule has 0 aromatic heterocycles. The molecule has 1 aromatic carbocycles. The average molecular weight is 410 g/mol. The molecule has 0 radical (unpaired) electrons. The van der Waals surface area contributed by atoms with Gasteiger partial charge in [-0.1, -0.05) is 11.6 Å². The van der Waals surface area contributed by atoms with Crippen LogP contribution in [0, 0.1) is 5.92 Å². The molecule has 1 aromatic rings. The van der Waals surface area contributed by atoms with Crippen LogP contribution in [-0.4, -0.2) is 61.6 Å². The van der Waals surface area contributed by atoms with Crippen molar-refractivity contribution in [3.8, 4) is 5.75 Å². The minimum absolute atomic E-state index is 0.0559. The smallest absolute Gasteiger partial charge is 0.324 e. The van der Waals surface area contributed by atoms with Gasteiger partial charge in [-0.15, -0.1) is 0 Å². The molecular formula is C18H20ClN3O6. The van der Waals surface area contributed by atoms with Crippen molar-refractivity contribution in [3.05, 3.63) is 23.2 Å². The first kappa shape index (κ1) is 19.9. The van der Waals surface area contributed by atoms with Crippen molar-refractivity contribution in [3.63, 3.8) is 0 Å². The van der Waals surface area contributed by atoms with Crippen LogP contribution in [0.4, 0.5) is 10.5 Å². The van der Waals surface area contributed by atoms with Gasteiger partial charge in [-0.2, -0.15) is 0 Å². The maximum absolute atomic E-state index is 12.5. The lowest BCUT2D eigenvalue weighted by molar-refractivity contribution is -0.160. The van der Waals surface area contributed by atoms with Crippen LogP contribution >= 0.6 is 11.6 Å². The normalized spacial score (nSPS) is 20.2. The number of amides is 4. The molecule has 10 heteroatoms. The standard InChI is InChI=1S/C18H20ClN3O6/c1-10(16(24)21-6-5-20-18(21)26)28-17(25)11-7-15(23)22(9-11)13-8-12(19)3-4-14(13)27-2/h3-4,8,10-11H,5-7,9H2,1-2H3,(H,20,26)/t10-,11+/m1/s1. The molecule has 2 atom stereocenters. The molecule has 4 amide bonds. The summed E-state index contributed by atoms with van der Waals surface area (Å²) < 4.78 is 10.5. The Kier molecular flexibility index (Phi) is 5.73. The van der Waals surface area contributed by atoms with Gasteiger partial charge in [-0.3, -0.25) is 19.3 Å². The molecule has 0 spiro atoms. The van der Waals surface area contributed by atoms with E-state index in [0.29, 0.717) is 23.0 Å². The number of benzene rings is 1. The second-order valence-corrected chi connectivity index (χ2v) is 6.96. The number of rotatable bonds is 5. The van der Waals surface area contributed by atoms with Gasteiger partial charge in [-0.25, -0.2) is 4.79 Å². The summed E-state index contributed by atoms with van der Waals surface area (Å²) in [6.45, 7) is 2.07. The maximum atomic E-state index is 12.5. The van der Waals surface area contributed by atoms with E-state index in [1.807, 2.05) is 0 Å². The fourth-order valence-corrected chi connectivity index (χ4v) is 3.36. The molecular weight excluding hydrogens is 390 g/mol. The van der Waals surface area contributed by atoms with E-state index in [-0.39, 0.29) is 25.4 Å². The fourth-order valence-electron chi connectivity index (χ4n) is 3.19. The second kappa shape index (κ2) is 8.05. The molecule has 150 valence electrons. The quantitative estimate of drug-likeness (QED) is 0.732. The lowest BCUT2D eigenvalue weighted by atomic mass is 10.1. The molecule has 2 saturated heterocycles. The number of imide groups is 1. The van der Waals surface area contributed by atoms with Crippen molar-refractivity contribution < 1.29 is 28.7 Å². The molecule has 9 nitrogen and oxygen atoms in total. The third kappa shape index (κ3) is 3.89. The van der Waals surface area contributed by atoms with Crippen molar-refractivity contribution in [2.75, 3.05) is 31.6 Å². The first-order chi connectivity index (χ1) is 13.3. The highest BCUT2D eigenvalue weighted by molar-refractivity contribution is 6.31. The van der Waals surface area contributed by atoms with Crippen molar-refractivity contribution in [2.24, 2.45) is 5.92 Å². The zero-order valence-electron chi connectivity index (χ0n) is 15.4. The Labute approximate surface area is 166 Å². The van der Waals surface area contributed by atoms with Gasteiger partial charge < -0.3 is 19.7 Å². The third-order valence-electron chi connectivity index (χ3n) is 4.65. The maximum Gasteiger partial charge on any atom is 0.324 e. The number of urea groups is 1. The molecule has 3 rings (SSSR count). The van der Waals surface area contributed by atoms with Gasteiger partial charge in [0.2, 0.25) is 5.91 Å². The molecule has 28 heavy (non-hydrogen) atoms. The molecule has 2 heterocycles. The monoisotopic (exact) mass is 409 g/mol. The van der Waals surface area contributed by atoms with Crippen LogP contribution in [0.15, 0.2) is 18.2 Å². The summed E-state index contributed by atoms with van der Waals surface area (Å²) >= 11 is 6.02. The zero-order chi connectivity index (χ0) is 20.4. The minimum Gasteiger partial charge on any atom is -0.495 e. The molecule has 0 bridgehead atoms. The number of hydrogen-bond acceptors (Lipinski definition) is 6. The van der Waals surface area contributed by atoms with Crippen molar-refractivity contribution in [1.82, 2.24) is 10.2 Å². The van der Waals surface area contributed by atoms with Crippen LogP contribution in [0.1, 0.15) is 13.3 Å². The second-order valence-electron chi connectivity index (χ2n) is 6.52. The third-order valence-corrected chi connectivity index (χ3v) is 4.89. The van der Waals surface area contributed by atoms with Crippen LogP contribution < -0.4 is 15.0 Å². The van der Waals surface area contributed by atoms with Gasteiger partial charge in [-0.05, 0) is 25.1 Å². The SMILES string of the molecule is COc1ccc(Cl)cc1N1C[C@@H](C(=O)O[C@H](C)C(=O)N2CCNC2=O)CC1=O. The lowest BCUT2D eigenvalue weighted by Gasteiger charge is -2.21. The van der Waals surface area contributed by atoms with E-state index in [1.54, 1.807) is 18.2 Å². The molecule has 2 aliphatic rings. The molecule has 0 unspecified atom stereocenters. The number of methoxy groups -OCH3 is 1. The predicted molar refractivity (Wildman–Crippen MR) is 99.1 cm³/mol. The van der Waals surface area contributed by atoms with Gasteiger partial charge in [0.05, 0.1) is 18.7 Å². The fraction of sp³-hybridized carbons (Fsp3) is 0.444. The zero-order valence-corrected chi connectivity index (χ0v) is 16.2. The lowest BCUT2D eigenvalue weighted by Crippen LogP contribution is -2.42. The molecule has 2 fully saturated rings. The summed E-state index contributed by atoms with van der Waals surface area (Å²) in [6, 6.07) is 4.35. The van der Waals surface area contributed by atoms with E-state index >= 15 is 0 Å². The Bertz CT molecular complexity index is 830. The van der Waals surface area contributed by atoms with Crippen LogP contribution in [0.3, 0.4) is 0 Å². The highest BCUT2D eigenvalue weighted by Gasteiger charge is 2.39. The van der Waals surface area contributed by atoms with Crippen molar-refractivity contribution >= 4 is 41.1 Å². The van der Waals surface area contributed by atoms with E-state index in [4.69, 9.17) is 21.1 Å². The van der Waals surface area contributed by atoms with Crippen molar-refractivity contribution in [2.45, 2.75) is 19.4 Å². The predicted octanol–water partition coefficient (Wildman–Crippen LogP) is 1.18. The van der Waals surface area contributed by atoms with E-state index < -0.39 is 29.9 Å². The highest BCUT2D eigenvalue weighted by atomic mass is 35.5. The summed E-state index contributed by atoms with van der Waals surface area (Å²) in [5.41, 5.74) is 0.466. The van der Waals surface area contributed by atoms with E-state index in [9.17, 15) is 19.2 Å². The van der Waals surface area contributed by atoms with Crippen LogP contribution in [0.25, 0.3) is 0 Å². The van der Waals surface area contributed by atoms with E-state index in [2.05, 4.69) is 5.32 Å². The van der Waals surface area contributed by atoms with E-state index in [0.717, 1.165) is 4.90 Å². The number of esters is 1. The first-order valence-corrected chi connectivity index (χ1v) is 9.13. The largest absolute Gasteiger partial charge is 0.495 e. The topological polar surface area (TPSA) is 105 Å². The molecule has 0 saturated carbocycles. The summed E-state index contributed by atoms with van der Waals surface area (Å²) in [4.78, 5) is 51.1. The van der Waals surface area contributed by atoms with Crippen LogP contribution in [0.2, 0.25) is 5.02 Å². The van der Waals surface area contributed by atoms with Gasteiger partial charge in [0, 0.05) is 31.1 Å². The summed E-state index contributed by atoms with van der Waals surface area (Å²) in [5.74, 6) is -1.83. The average Bonchev–Trinajstić information content (AvgIpc) is 3.26. The number of nitrogens with one attached hydrogen (secondary N) is 1. The van der Waals surface area contributed by atoms with E-state index in [1.165, 1.54) is 18.9 Å². The first-order valence-electron chi connectivity index (χ1n) is 8.75. The summed E-state index contributed by atoms with van der Waals surface area (Å²) in [7, 11) is 1.47. The van der Waals surface area contributed by atoms with Gasteiger partial charge >= 0.3 is 12.0 Å². The Morgan fingerprint density at radius 1 is 1.32 bits per heavy atom. The number of halogens is 1. The minimum atomic E-state index is -1.12. The summed E-state index contributed by atoms with van der Waals surface area (Å²) in [6.07, 6.45) is -1.18. The molecule has 0 aliphatic carbocycles. The Morgan fingerprint density at radius 3 is 2.71 bits per heavy atom. The van der Waals surface area contributed by atoms with Crippen LogP contribution in [-0.2, 0) is 19.1 Å². The number of anilines is 1. The number of ether oxygens (including phenoxy) is 2. The number of nitrogens with zero attached hydrogens (tertiary/aromatic N) is 2. The summed E-state index contributed by atoms with van der Waals surface area (Å²) in [5, 5.41) is 2.94. The Hall–Kier alpha value is -2.81. The number of carbonyl (C=O) groups excluding carboxylic acids is 4. The highest BCUT2D eigenvalue weighted by Crippen LogP contribution is 2.35. The van der Waals surface area contributed by atoms with Crippen LogP contribution in [0.5, 0.6) is 5.75 Å². The molecule has 1 N–H and O–H groups in total. The van der Waals surface area contributed by atoms with Gasteiger partial charge in [0.25, 0.3) is 5.91 Å².